The van der Waals surface area contributed by atoms with Crippen LogP contribution in [-0.4, -0.2) is 20.0 Å². The smallest absolute Gasteiger partial charge is 0.187 e. The first kappa shape index (κ1) is 16.2. The number of hydrogen-bond acceptors (Lipinski definition) is 4. The molecule has 106 valence electrons. The molecule has 1 aromatic carbocycles. The molecule has 0 radical (unpaired) electrons. The van der Waals surface area contributed by atoms with E-state index in [0.29, 0.717) is 9.35 Å². The van der Waals surface area contributed by atoms with Gasteiger partial charge < -0.3 is 0 Å². The molecule has 3 nitrogen and oxygen atoms in total. The predicted molar refractivity (Wildman–Crippen MR) is 87.6 cm³/mol. The first-order chi connectivity index (χ1) is 9.31. The van der Waals surface area contributed by atoms with Crippen LogP contribution in [0.4, 0.5) is 0 Å². The van der Waals surface area contributed by atoms with Crippen molar-refractivity contribution < 1.29 is 13.2 Å². The summed E-state index contributed by atoms with van der Waals surface area (Å²) in [5.74, 6) is -1.09. The average Bonchev–Trinajstić information content (AvgIpc) is 2.68. The van der Waals surface area contributed by atoms with E-state index in [-0.39, 0.29) is 9.92 Å². The van der Waals surface area contributed by atoms with Crippen molar-refractivity contribution in [2.45, 2.75) is 4.90 Å². The molecule has 0 aliphatic heterocycles. The van der Waals surface area contributed by atoms with Crippen molar-refractivity contribution in [2.75, 3.05) is 5.75 Å². The highest BCUT2D eigenvalue weighted by molar-refractivity contribution is 9.12. The second-order valence-corrected chi connectivity index (χ2v) is 9.97. The molecule has 1 heterocycles. The topological polar surface area (TPSA) is 51.2 Å². The summed E-state index contributed by atoms with van der Waals surface area (Å²) in [6.07, 6.45) is 0. The zero-order chi connectivity index (χ0) is 14.9. The van der Waals surface area contributed by atoms with Gasteiger partial charge in [-0.2, -0.15) is 0 Å². The zero-order valence-corrected chi connectivity index (χ0v) is 15.3. The number of hydrogen-bond donors (Lipinski definition) is 0. The number of ketones is 1. The molecule has 0 spiro atoms. The highest BCUT2D eigenvalue weighted by Gasteiger charge is 2.24. The minimum Gasteiger partial charge on any atom is -0.293 e. The summed E-state index contributed by atoms with van der Waals surface area (Å²) in [7, 11) is -3.76. The third-order valence-electron chi connectivity index (χ3n) is 2.45. The van der Waals surface area contributed by atoms with Crippen molar-refractivity contribution in [3.8, 4) is 0 Å². The molecule has 8 heteroatoms. The van der Waals surface area contributed by atoms with E-state index in [1.54, 1.807) is 18.2 Å². The SMILES string of the molecule is O=C(CS(=O)(=O)c1ccccc1Cl)c1cc(Br)sc1Br. The van der Waals surface area contributed by atoms with Crippen molar-refractivity contribution >= 4 is 70.4 Å². The van der Waals surface area contributed by atoms with Crippen LogP contribution in [-0.2, 0) is 9.84 Å². The van der Waals surface area contributed by atoms with Crippen LogP contribution < -0.4 is 0 Å². The normalized spacial score (nSPS) is 11.6. The maximum atomic E-state index is 12.2. The molecule has 1 aromatic heterocycles. The summed E-state index contributed by atoms with van der Waals surface area (Å²) < 4.78 is 25.8. The van der Waals surface area contributed by atoms with Gasteiger partial charge in [-0.05, 0) is 50.1 Å². The van der Waals surface area contributed by atoms with Crippen LogP contribution in [0.5, 0.6) is 0 Å². The first-order valence-electron chi connectivity index (χ1n) is 5.26. The molecule has 0 N–H and O–H groups in total. The fourth-order valence-corrected chi connectivity index (χ4v) is 6.21. The van der Waals surface area contributed by atoms with Gasteiger partial charge in [0.2, 0.25) is 0 Å². The summed E-state index contributed by atoms with van der Waals surface area (Å²) in [6.45, 7) is 0. The van der Waals surface area contributed by atoms with Gasteiger partial charge in [0, 0.05) is 5.56 Å². The van der Waals surface area contributed by atoms with Gasteiger partial charge in [-0.1, -0.05) is 23.7 Å². The Kier molecular flexibility index (Phi) is 5.07. The maximum absolute atomic E-state index is 12.2. The van der Waals surface area contributed by atoms with E-state index in [0.717, 1.165) is 3.79 Å². The van der Waals surface area contributed by atoms with Gasteiger partial charge >= 0.3 is 0 Å². The number of benzene rings is 1. The molecule has 0 bridgehead atoms. The minimum absolute atomic E-state index is 0.0274. The van der Waals surface area contributed by atoms with E-state index in [1.807, 2.05) is 0 Å². The second kappa shape index (κ2) is 6.27. The largest absolute Gasteiger partial charge is 0.293 e. The highest BCUT2D eigenvalue weighted by Crippen LogP contribution is 2.33. The highest BCUT2D eigenvalue weighted by atomic mass is 79.9. The number of sulfone groups is 1. The molecule has 2 rings (SSSR count). The number of rotatable bonds is 4. The summed E-state index contributed by atoms with van der Waals surface area (Å²) in [4.78, 5) is 12.1. The van der Waals surface area contributed by atoms with E-state index in [1.165, 1.54) is 23.5 Å². The summed E-state index contributed by atoms with van der Waals surface area (Å²) in [6, 6.07) is 7.68. The monoisotopic (exact) mass is 456 g/mol. The molecular weight excluding hydrogens is 452 g/mol. The van der Waals surface area contributed by atoms with Gasteiger partial charge in [0.1, 0.15) is 5.75 Å². The lowest BCUT2D eigenvalue weighted by Crippen LogP contribution is -2.16. The lowest BCUT2D eigenvalue weighted by molar-refractivity contribution is 0.102. The van der Waals surface area contributed by atoms with Crippen molar-refractivity contribution in [1.82, 2.24) is 0 Å². The number of halogens is 3. The van der Waals surface area contributed by atoms with Gasteiger partial charge in [0.25, 0.3) is 0 Å². The Morgan fingerprint density at radius 1 is 1.25 bits per heavy atom. The van der Waals surface area contributed by atoms with Crippen LogP contribution >= 0.6 is 54.8 Å². The third kappa shape index (κ3) is 3.51. The number of thiophene rings is 1. The van der Waals surface area contributed by atoms with Gasteiger partial charge in [0.05, 0.1) is 17.5 Å². The molecule has 0 aliphatic carbocycles. The van der Waals surface area contributed by atoms with E-state index < -0.39 is 21.4 Å². The maximum Gasteiger partial charge on any atom is 0.187 e. The zero-order valence-electron chi connectivity index (χ0n) is 9.77. The van der Waals surface area contributed by atoms with Crippen LogP contribution in [0.25, 0.3) is 0 Å². The lowest BCUT2D eigenvalue weighted by Gasteiger charge is -2.05. The average molecular weight is 459 g/mol. The molecule has 2 aromatic rings. The van der Waals surface area contributed by atoms with Gasteiger partial charge in [-0.3, -0.25) is 4.79 Å². The Hall–Kier alpha value is -0.210. The first-order valence-corrected chi connectivity index (χ1v) is 9.70. The van der Waals surface area contributed by atoms with Crippen molar-refractivity contribution in [3.63, 3.8) is 0 Å². The van der Waals surface area contributed by atoms with Crippen LogP contribution in [0.15, 0.2) is 42.8 Å². The Morgan fingerprint density at radius 2 is 1.90 bits per heavy atom. The summed E-state index contributed by atoms with van der Waals surface area (Å²) in [5.41, 5.74) is 0.345. The Balaban J connectivity index is 2.32. The van der Waals surface area contributed by atoms with Crippen molar-refractivity contribution in [2.24, 2.45) is 0 Å². The van der Waals surface area contributed by atoms with E-state index in [2.05, 4.69) is 31.9 Å². The molecule has 0 aliphatic rings. The van der Waals surface area contributed by atoms with Crippen molar-refractivity contribution in [1.29, 1.82) is 0 Å². The Labute approximate surface area is 142 Å². The molecule has 0 fully saturated rings. The fraction of sp³-hybridized carbons (Fsp3) is 0.0833. The van der Waals surface area contributed by atoms with Crippen molar-refractivity contribution in [3.05, 3.63) is 48.5 Å². The van der Waals surface area contributed by atoms with Gasteiger partial charge in [-0.15, -0.1) is 11.3 Å². The van der Waals surface area contributed by atoms with E-state index in [4.69, 9.17) is 11.6 Å². The lowest BCUT2D eigenvalue weighted by atomic mass is 10.2. The molecular formula is C12H7Br2ClO3S2. The molecule has 0 saturated heterocycles. The quantitative estimate of drug-likeness (QED) is 0.630. The predicted octanol–water partition coefficient (Wildman–Crippen LogP) is 4.58. The third-order valence-corrected chi connectivity index (χ3v) is 6.90. The Morgan fingerprint density at radius 3 is 2.45 bits per heavy atom. The van der Waals surface area contributed by atoms with Crippen LogP contribution in [0.2, 0.25) is 5.02 Å². The van der Waals surface area contributed by atoms with Crippen LogP contribution in [0.1, 0.15) is 10.4 Å². The Bertz CT molecular complexity index is 769. The number of Topliss-reactive ketones (excluding diaryl/α,β-unsaturated/α-hetero) is 1. The minimum atomic E-state index is -3.76. The molecule has 0 amide bonds. The number of carbonyl (C=O) groups excluding carboxylic acids is 1. The summed E-state index contributed by atoms with van der Waals surface area (Å²) >= 11 is 13.7. The molecule has 20 heavy (non-hydrogen) atoms. The molecule has 0 unspecified atom stereocenters. The van der Waals surface area contributed by atoms with E-state index in [9.17, 15) is 13.2 Å². The molecule has 0 saturated carbocycles. The fourth-order valence-electron chi connectivity index (χ4n) is 1.56. The van der Waals surface area contributed by atoms with Crippen LogP contribution in [0, 0.1) is 0 Å². The van der Waals surface area contributed by atoms with Gasteiger partial charge in [-0.25, -0.2) is 8.42 Å². The number of carbonyl (C=O) groups is 1. The van der Waals surface area contributed by atoms with Gasteiger partial charge in [0.15, 0.2) is 15.6 Å². The standard InChI is InChI=1S/C12H7Br2ClO3S2/c13-11-5-7(12(14)19-11)9(16)6-20(17,18)10-4-2-1-3-8(10)15/h1-5H,6H2. The van der Waals surface area contributed by atoms with E-state index >= 15 is 0 Å². The second-order valence-electron chi connectivity index (χ2n) is 3.85. The van der Waals surface area contributed by atoms with Crippen LogP contribution in [0.3, 0.4) is 0 Å². The summed E-state index contributed by atoms with van der Waals surface area (Å²) in [5, 5.41) is 0.117. The molecule has 0 atom stereocenters.